The van der Waals surface area contributed by atoms with Crippen LogP contribution in [-0.2, 0) is 26.9 Å². The van der Waals surface area contributed by atoms with Crippen molar-refractivity contribution in [3.63, 3.8) is 0 Å². The number of carbonyl (C=O) groups is 3. The summed E-state index contributed by atoms with van der Waals surface area (Å²) in [4.78, 5) is 50.7. The number of unbranched alkanes of at least 4 members (excludes halogenated alkanes) is 5. The number of aryl methyl sites for hydroxylation is 3. The molecule has 1 saturated heterocycles. The molecule has 1 saturated carbocycles. The van der Waals surface area contributed by atoms with Crippen LogP contribution in [0.5, 0.6) is 11.5 Å². The Morgan fingerprint density at radius 2 is 1.70 bits per heavy atom. The number of halogens is 4. The topological polar surface area (TPSA) is 159 Å². The second-order valence-electron chi connectivity index (χ2n) is 16.9. The number of nitriles is 1. The molecule has 0 radical (unpaired) electrons. The Morgan fingerprint density at radius 1 is 0.939 bits per heavy atom. The van der Waals surface area contributed by atoms with E-state index in [-0.39, 0.29) is 37.4 Å². The van der Waals surface area contributed by atoms with E-state index >= 15 is 0 Å². The van der Waals surface area contributed by atoms with E-state index in [0.29, 0.717) is 74.5 Å². The average Bonchev–Trinajstić information content (AvgIpc) is 4.13. The molecule has 1 atom stereocenters. The third-order valence-corrected chi connectivity index (χ3v) is 12.3. The van der Waals surface area contributed by atoms with Gasteiger partial charge in [0.25, 0.3) is 0 Å². The summed E-state index contributed by atoms with van der Waals surface area (Å²) in [7, 11) is 0. The zero-order valence-corrected chi connectivity index (χ0v) is 39.0. The molecule has 4 aromatic rings. The van der Waals surface area contributed by atoms with Crippen LogP contribution >= 0.6 is 15.9 Å². The summed E-state index contributed by atoms with van der Waals surface area (Å²) in [6.45, 7) is 6.41. The number of urea groups is 1. The largest absolute Gasteiger partial charge is 0.494 e. The van der Waals surface area contributed by atoms with Crippen LogP contribution in [0.3, 0.4) is 0 Å². The lowest BCUT2D eigenvalue weighted by Gasteiger charge is -2.33. The molecule has 0 bridgehead atoms. The fraction of sp³-hybridized carbons (Fsp3) is 0.469. The molecule has 2 N–H and O–H groups in total. The second-order valence-corrected chi connectivity index (χ2v) is 17.8. The minimum absolute atomic E-state index is 0.0118. The first-order chi connectivity index (χ1) is 31.7. The molecule has 3 amide bonds. The van der Waals surface area contributed by atoms with E-state index in [2.05, 4.69) is 36.5 Å². The molecule has 3 aromatic carbocycles. The third-order valence-electron chi connectivity index (χ3n) is 11.5. The van der Waals surface area contributed by atoms with E-state index in [0.717, 1.165) is 84.5 Å². The van der Waals surface area contributed by atoms with Gasteiger partial charge < -0.3 is 29.3 Å². The first-order valence-corrected chi connectivity index (χ1v) is 23.3. The molecule has 17 heteroatoms. The number of nitrogens with one attached hydrogen (secondary N) is 2. The number of rotatable bonds is 23. The van der Waals surface area contributed by atoms with Crippen molar-refractivity contribution in [3.05, 3.63) is 99.4 Å². The van der Waals surface area contributed by atoms with Crippen molar-refractivity contribution < 1.29 is 41.8 Å². The number of alkyl halides is 3. The van der Waals surface area contributed by atoms with E-state index < -0.39 is 23.3 Å². The predicted molar refractivity (Wildman–Crippen MR) is 249 cm³/mol. The van der Waals surface area contributed by atoms with Gasteiger partial charge >= 0.3 is 12.2 Å². The number of ether oxygens (including phenoxy) is 3. The van der Waals surface area contributed by atoms with Crippen LogP contribution in [0.1, 0.15) is 92.2 Å². The van der Waals surface area contributed by atoms with Gasteiger partial charge in [0.15, 0.2) is 11.6 Å². The minimum atomic E-state index is -4.66. The summed E-state index contributed by atoms with van der Waals surface area (Å²) in [6, 6.07) is 16.0. The number of anilines is 3. The van der Waals surface area contributed by atoms with Gasteiger partial charge in [0.2, 0.25) is 5.91 Å². The Hall–Kier alpha value is -5.73. The van der Waals surface area contributed by atoms with E-state index in [9.17, 15) is 32.8 Å². The fourth-order valence-electron chi connectivity index (χ4n) is 7.52. The van der Waals surface area contributed by atoms with E-state index in [1.807, 2.05) is 49.1 Å². The molecule has 2 aliphatic rings. The van der Waals surface area contributed by atoms with E-state index in [1.54, 1.807) is 23.2 Å². The normalized spacial score (nSPS) is 14.9. The molecule has 13 nitrogen and oxygen atoms in total. The molecule has 0 unspecified atom stereocenters. The number of Topliss-reactive ketones (excluding diaryl/α,β-unsaturated/α-hetero) is 1. The average molecular weight is 977 g/mol. The highest BCUT2D eigenvalue weighted by Gasteiger charge is 2.35. The fourth-order valence-corrected chi connectivity index (χ4v) is 7.87. The van der Waals surface area contributed by atoms with Gasteiger partial charge in [0.05, 0.1) is 67.3 Å². The molecule has 66 heavy (non-hydrogen) atoms. The number of nitrogens with zero attached hydrogens (tertiary/aromatic N) is 5. The summed E-state index contributed by atoms with van der Waals surface area (Å²) in [5, 5.41) is 14.7. The lowest BCUT2D eigenvalue weighted by atomic mass is 10.0. The summed E-state index contributed by atoms with van der Waals surface area (Å²) in [5.41, 5.74) is 1.98. The van der Waals surface area contributed by atoms with E-state index in [1.165, 1.54) is 18.3 Å². The third kappa shape index (κ3) is 15.7. The molecule has 1 aromatic heterocycles. The molecular weight excluding hydrogens is 919 g/mol. The van der Waals surface area contributed by atoms with Gasteiger partial charge in [-0.1, -0.05) is 53.7 Å². The predicted octanol–water partition coefficient (Wildman–Crippen LogP) is 10.2. The van der Waals surface area contributed by atoms with Crippen molar-refractivity contribution in [2.75, 3.05) is 61.5 Å². The quantitative estimate of drug-likeness (QED) is 0.0685. The Kier molecular flexibility index (Phi) is 18.2. The zero-order valence-electron chi connectivity index (χ0n) is 37.4. The van der Waals surface area contributed by atoms with Gasteiger partial charge in [0.1, 0.15) is 24.2 Å². The first kappa shape index (κ1) is 49.7. The smallest absolute Gasteiger partial charge is 0.417 e. The first-order valence-electron chi connectivity index (χ1n) is 22.5. The molecular formula is C49H57BrF3N7O6. The number of ketones is 1. The van der Waals surface area contributed by atoms with E-state index in [4.69, 9.17) is 14.2 Å². The number of aromatic nitrogens is 2. The van der Waals surface area contributed by atoms with Gasteiger partial charge in [-0.2, -0.15) is 18.4 Å². The maximum atomic E-state index is 13.6. The van der Waals surface area contributed by atoms with Gasteiger partial charge in [-0.25, -0.2) is 9.78 Å². The Labute approximate surface area is 392 Å². The number of amides is 3. The molecule has 6 rings (SSSR count). The number of morpholine rings is 1. The van der Waals surface area contributed by atoms with Crippen LogP contribution in [-0.4, -0.2) is 84.7 Å². The van der Waals surface area contributed by atoms with Crippen molar-refractivity contribution in [1.82, 2.24) is 14.9 Å². The van der Waals surface area contributed by atoms with Crippen LogP contribution in [0.15, 0.2) is 71.5 Å². The SMILES string of the molecule is Cc1cnc(NC(=O)Nc2cc(Br)c(C)cc2OC[C@@H]2CN(C(=O)CCCCCCCCOc3ccc(CCC(=O)CN(CC4CC4)c4ccc(C#N)c(C(F)(F)F)c4)cc3)CCO2)cn1. The van der Waals surface area contributed by atoms with Gasteiger partial charge in [0, 0.05) is 36.1 Å². The van der Waals surface area contributed by atoms with Crippen molar-refractivity contribution in [2.24, 2.45) is 5.92 Å². The van der Waals surface area contributed by atoms with Crippen molar-refractivity contribution >= 4 is 50.8 Å². The van der Waals surface area contributed by atoms with Crippen molar-refractivity contribution in [1.29, 1.82) is 5.26 Å². The highest BCUT2D eigenvalue weighted by atomic mass is 79.9. The van der Waals surface area contributed by atoms with Crippen molar-refractivity contribution in [3.8, 4) is 17.6 Å². The zero-order chi connectivity index (χ0) is 47.1. The highest BCUT2D eigenvalue weighted by molar-refractivity contribution is 9.10. The highest BCUT2D eigenvalue weighted by Crippen LogP contribution is 2.37. The molecule has 0 spiro atoms. The maximum absolute atomic E-state index is 13.6. The molecule has 352 valence electrons. The molecule has 2 fully saturated rings. The number of hydrogen-bond donors (Lipinski definition) is 2. The standard InChI is InChI=1S/C49H57BrF3N7O6/c1-33-23-45(44(25-43(33)50)57-48(63)58-46-28-55-34(2)27-56-46)66-32-41-31-59(20-22-65-41)47(62)9-7-5-3-4-6-8-21-64-40-18-13-35(14-19-40)12-17-39(61)30-60(29-36-10-11-36)38-16-15-37(26-54)42(24-38)49(51,52)53/h13-16,18-19,23-25,27-28,36,41H,3-12,17,20-22,29-32H2,1-2H3,(H2,56,57,58,63)/t41-/m0/s1. The second kappa shape index (κ2) is 24.2. The van der Waals surface area contributed by atoms with Crippen LogP contribution in [0.2, 0.25) is 0 Å². The maximum Gasteiger partial charge on any atom is 0.417 e. The lowest BCUT2D eigenvalue weighted by molar-refractivity contribution is -0.140. The van der Waals surface area contributed by atoms with Crippen molar-refractivity contribution in [2.45, 2.75) is 96.8 Å². The van der Waals surface area contributed by atoms with Gasteiger partial charge in [-0.3, -0.25) is 19.9 Å². The van der Waals surface area contributed by atoms with Gasteiger partial charge in [-0.05, 0) is 105 Å². The summed E-state index contributed by atoms with van der Waals surface area (Å²) >= 11 is 3.52. The van der Waals surface area contributed by atoms with Crippen LogP contribution in [0.4, 0.5) is 35.2 Å². The number of carbonyl (C=O) groups excluding carboxylic acids is 3. The summed E-state index contributed by atoms with van der Waals surface area (Å²) in [5.74, 6) is 1.93. The number of hydrogen-bond acceptors (Lipinski definition) is 10. The Balaban J connectivity index is 0.824. The lowest BCUT2D eigenvalue weighted by Crippen LogP contribution is -2.47. The monoisotopic (exact) mass is 975 g/mol. The van der Waals surface area contributed by atoms with Crippen LogP contribution < -0.4 is 25.0 Å². The Morgan fingerprint density at radius 3 is 2.41 bits per heavy atom. The molecule has 2 heterocycles. The number of benzene rings is 3. The van der Waals surface area contributed by atoms with Crippen LogP contribution in [0, 0.1) is 31.1 Å². The minimum Gasteiger partial charge on any atom is -0.494 e. The summed E-state index contributed by atoms with van der Waals surface area (Å²) < 4.78 is 59.7. The molecule has 1 aliphatic carbocycles. The summed E-state index contributed by atoms with van der Waals surface area (Å²) in [6.07, 6.45) is 7.03. The van der Waals surface area contributed by atoms with Gasteiger partial charge in [-0.15, -0.1) is 0 Å². The Bertz CT molecular complexity index is 2310. The van der Waals surface area contributed by atoms with Crippen LogP contribution in [0.25, 0.3) is 0 Å². The molecule has 1 aliphatic heterocycles.